The normalized spacial score (nSPS) is 16.2. The molecule has 1 saturated heterocycles. The van der Waals surface area contributed by atoms with Crippen molar-refractivity contribution in [3.05, 3.63) is 35.9 Å². The number of likely N-dealkylation sites (tertiary alicyclic amines) is 1. The lowest BCUT2D eigenvalue weighted by molar-refractivity contribution is -0.132. The Kier molecular flexibility index (Phi) is 10.6. The van der Waals surface area contributed by atoms with Crippen molar-refractivity contribution in [1.29, 1.82) is 0 Å². The van der Waals surface area contributed by atoms with E-state index in [0.29, 0.717) is 25.8 Å². The molecule has 0 spiro atoms. The van der Waals surface area contributed by atoms with E-state index < -0.39 is 42.6 Å². The Bertz CT molecular complexity index is 805. The third-order valence-corrected chi connectivity index (χ3v) is 5.18. The SMILES string of the molecule is CC(C)C[C@H](NC(=O)[C@@H]1CCCN1C(=O)OCc1ccccc1)C(=O)NCC(=O)NCC[18F]. The number of nitrogens with zero attached hydrogens (tertiary/aromatic N) is 1. The molecule has 182 valence electrons. The zero-order chi connectivity index (χ0) is 24.2. The summed E-state index contributed by atoms with van der Waals surface area (Å²) in [5.41, 5.74) is 0.843. The molecule has 0 aliphatic carbocycles. The van der Waals surface area contributed by atoms with Crippen LogP contribution in [0.25, 0.3) is 0 Å². The number of amides is 4. The van der Waals surface area contributed by atoms with Gasteiger partial charge in [0.15, 0.2) is 0 Å². The number of rotatable bonds is 11. The second-order valence-electron chi connectivity index (χ2n) is 8.34. The number of nitrogens with one attached hydrogen (secondary N) is 3. The molecule has 1 aromatic carbocycles. The van der Waals surface area contributed by atoms with Gasteiger partial charge in [0.1, 0.15) is 25.4 Å². The fourth-order valence-corrected chi connectivity index (χ4v) is 3.57. The highest BCUT2D eigenvalue weighted by atomic mass is 18.2. The molecule has 4 amide bonds. The first-order chi connectivity index (χ1) is 15.8. The standard InChI is InChI=1S/C23H33FN4O5/c1-16(2)13-18(21(30)26-14-20(29)25-11-10-24)27-22(31)19-9-6-12-28(19)23(32)33-15-17-7-4-3-5-8-17/h3-5,7-8,16,18-19H,6,9-15H2,1-2H3,(H,25,29)(H,26,30)(H,27,31)/t18-,19-/m0/s1/i24-1. The molecule has 1 aromatic rings. The predicted octanol–water partition coefficient (Wildman–Crippen LogP) is 1.52. The minimum absolute atomic E-state index is 0.0944. The van der Waals surface area contributed by atoms with Crippen LogP contribution in [0, 0.1) is 5.92 Å². The fraction of sp³-hybridized carbons (Fsp3) is 0.565. The van der Waals surface area contributed by atoms with Crippen LogP contribution in [-0.4, -0.2) is 67.1 Å². The lowest BCUT2D eigenvalue weighted by atomic mass is 10.0. The fourth-order valence-electron chi connectivity index (χ4n) is 3.57. The molecule has 0 unspecified atom stereocenters. The highest BCUT2D eigenvalue weighted by Gasteiger charge is 2.37. The van der Waals surface area contributed by atoms with E-state index in [1.54, 1.807) is 0 Å². The smallest absolute Gasteiger partial charge is 0.410 e. The summed E-state index contributed by atoms with van der Waals surface area (Å²) in [6, 6.07) is 7.65. The minimum Gasteiger partial charge on any atom is -0.445 e. The van der Waals surface area contributed by atoms with Crippen molar-refractivity contribution in [2.24, 2.45) is 5.92 Å². The van der Waals surface area contributed by atoms with Crippen molar-refractivity contribution < 1.29 is 28.3 Å². The van der Waals surface area contributed by atoms with Crippen molar-refractivity contribution in [3.63, 3.8) is 0 Å². The van der Waals surface area contributed by atoms with E-state index in [-0.39, 0.29) is 25.6 Å². The van der Waals surface area contributed by atoms with E-state index in [9.17, 15) is 23.6 Å². The molecule has 10 heteroatoms. The molecule has 0 aromatic heterocycles. The average molecular weight is 464 g/mol. The van der Waals surface area contributed by atoms with E-state index >= 15 is 0 Å². The number of ether oxygens (including phenoxy) is 1. The van der Waals surface area contributed by atoms with Gasteiger partial charge in [-0.3, -0.25) is 19.3 Å². The van der Waals surface area contributed by atoms with Gasteiger partial charge in [0.25, 0.3) is 0 Å². The van der Waals surface area contributed by atoms with Crippen molar-refractivity contribution in [1.82, 2.24) is 20.9 Å². The summed E-state index contributed by atoms with van der Waals surface area (Å²) in [5, 5.41) is 7.52. The summed E-state index contributed by atoms with van der Waals surface area (Å²) in [6.07, 6.45) is 0.891. The minimum atomic E-state index is -0.866. The lowest BCUT2D eigenvalue weighted by Crippen LogP contribution is -2.54. The first-order valence-electron chi connectivity index (χ1n) is 11.2. The van der Waals surface area contributed by atoms with E-state index in [1.165, 1.54) is 4.90 Å². The number of alkyl halides is 1. The quantitative estimate of drug-likeness (QED) is 0.460. The molecule has 33 heavy (non-hydrogen) atoms. The van der Waals surface area contributed by atoms with Crippen LogP contribution in [0.5, 0.6) is 0 Å². The Labute approximate surface area is 193 Å². The maximum atomic E-state index is 12.9. The summed E-state index contributed by atoms with van der Waals surface area (Å²) in [6.45, 7) is 3.17. The van der Waals surface area contributed by atoms with Crippen LogP contribution in [0.3, 0.4) is 0 Å². The van der Waals surface area contributed by atoms with E-state index in [0.717, 1.165) is 5.56 Å². The maximum Gasteiger partial charge on any atom is 0.410 e. The predicted molar refractivity (Wildman–Crippen MR) is 120 cm³/mol. The summed E-state index contributed by atoms with van der Waals surface area (Å²) in [5.74, 6) is -1.37. The number of benzene rings is 1. The van der Waals surface area contributed by atoms with Gasteiger partial charge in [0.2, 0.25) is 17.7 Å². The monoisotopic (exact) mass is 463 g/mol. The van der Waals surface area contributed by atoms with Crippen LogP contribution in [0.2, 0.25) is 0 Å². The number of hydrogen-bond donors (Lipinski definition) is 3. The van der Waals surface area contributed by atoms with Gasteiger partial charge in [-0.05, 0) is 30.7 Å². The third-order valence-electron chi connectivity index (χ3n) is 5.18. The average Bonchev–Trinajstić information content (AvgIpc) is 3.30. The molecule has 1 aliphatic rings. The zero-order valence-electron chi connectivity index (χ0n) is 19.1. The largest absolute Gasteiger partial charge is 0.445 e. The molecule has 0 saturated carbocycles. The van der Waals surface area contributed by atoms with Crippen LogP contribution in [0.15, 0.2) is 30.3 Å². The molecule has 2 rings (SSSR count). The van der Waals surface area contributed by atoms with Gasteiger partial charge in [-0.1, -0.05) is 44.2 Å². The summed E-state index contributed by atoms with van der Waals surface area (Å²) < 4.78 is 17.5. The van der Waals surface area contributed by atoms with Crippen LogP contribution in [0.4, 0.5) is 9.18 Å². The Morgan fingerprint density at radius 1 is 1.15 bits per heavy atom. The Morgan fingerprint density at radius 2 is 1.88 bits per heavy atom. The van der Waals surface area contributed by atoms with Crippen molar-refractivity contribution in [3.8, 4) is 0 Å². The molecule has 1 heterocycles. The number of halogens is 1. The van der Waals surface area contributed by atoms with Gasteiger partial charge in [0.05, 0.1) is 6.54 Å². The van der Waals surface area contributed by atoms with Crippen molar-refractivity contribution in [2.45, 2.75) is 51.8 Å². The number of carbonyl (C=O) groups is 4. The number of carbonyl (C=O) groups excluding carboxylic acids is 4. The molecule has 2 atom stereocenters. The molecule has 1 fully saturated rings. The lowest BCUT2D eigenvalue weighted by Gasteiger charge is -2.26. The molecule has 0 bridgehead atoms. The van der Waals surface area contributed by atoms with Gasteiger partial charge in [-0.2, -0.15) is 0 Å². The van der Waals surface area contributed by atoms with Crippen molar-refractivity contribution >= 4 is 23.8 Å². The van der Waals surface area contributed by atoms with Gasteiger partial charge in [-0.15, -0.1) is 0 Å². The molecule has 1 aliphatic heterocycles. The summed E-state index contributed by atoms with van der Waals surface area (Å²) in [4.78, 5) is 51.1. The van der Waals surface area contributed by atoms with E-state index in [2.05, 4.69) is 16.0 Å². The summed E-state index contributed by atoms with van der Waals surface area (Å²) >= 11 is 0. The molecule has 3 N–H and O–H groups in total. The summed E-state index contributed by atoms with van der Waals surface area (Å²) in [7, 11) is 0. The third kappa shape index (κ3) is 8.70. The van der Waals surface area contributed by atoms with Crippen LogP contribution >= 0.6 is 0 Å². The Balaban J connectivity index is 1.93. The number of hydrogen-bond acceptors (Lipinski definition) is 5. The highest BCUT2D eigenvalue weighted by molar-refractivity contribution is 5.93. The van der Waals surface area contributed by atoms with Gasteiger partial charge in [-0.25, -0.2) is 9.18 Å². The maximum absolute atomic E-state index is 12.9. The van der Waals surface area contributed by atoms with Crippen LogP contribution in [0.1, 0.15) is 38.7 Å². The van der Waals surface area contributed by atoms with E-state index in [1.807, 2.05) is 44.2 Å². The van der Waals surface area contributed by atoms with E-state index in [4.69, 9.17) is 4.74 Å². The van der Waals surface area contributed by atoms with Gasteiger partial charge >= 0.3 is 6.09 Å². The van der Waals surface area contributed by atoms with Crippen molar-refractivity contribution in [2.75, 3.05) is 26.3 Å². The Morgan fingerprint density at radius 3 is 2.55 bits per heavy atom. The first kappa shape index (κ1) is 26.1. The molecular weight excluding hydrogens is 430 g/mol. The first-order valence-corrected chi connectivity index (χ1v) is 11.2. The zero-order valence-corrected chi connectivity index (χ0v) is 19.1. The second-order valence-corrected chi connectivity index (χ2v) is 8.34. The molecule has 0 radical (unpaired) electrons. The van der Waals surface area contributed by atoms with Gasteiger partial charge < -0.3 is 20.7 Å². The van der Waals surface area contributed by atoms with Gasteiger partial charge in [0, 0.05) is 13.1 Å². The van der Waals surface area contributed by atoms with Crippen LogP contribution in [-0.2, 0) is 25.7 Å². The second kappa shape index (κ2) is 13.4. The molecule has 9 nitrogen and oxygen atoms in total. The topological polar surface area (TPSA) is 117 Å². The Hall–Kier alpha value is -3.17. The highest BCUT2D eigenvalue weighted by Crippen LogP contribution is 2.20. The van der Waals surface area contributed by atoms with Crippen LogP contribution < -0.4 is 16.0 Å². The molecular formula is C23H33FN4O5.